The molecule has 2 aliphatic rings. The van der Waals surface area contributed by atoms with E-state index in [0.717, 1.165) is 0 Å². The number of anilines is 1. The summed E-state index contributed by atoms with van der Waals surface area (Å²) in [5.41, 5.74) is 1.69. The highest BCUT2D eigenvalue weighted by Crippen LogP contribution is 2.32. The van der Waals surface area contributed by atoms with E-state index in [-0.39, 0.29) is 36.9 Å². The Morgan fingerprint density at radius 2 is 2.07 bits per heavy atom. The van der Waals surface area contributed by atoms with Crippen LogP contribution in [-0.2, 0) is 16.1 Å². The largest absolute Gasteiger partial charge is 0.322 e. The normalized spacial score (nSPS) is 18.9. The van der Waals surface area contributed by atoms with Crippen molar-refractivity contribution in [2.24, 2.45) is 0 Å². The summed E-state index contributed by atoms with van der Waals surface area (Å²) in [4.78, 5) is 57.8. The highest BCUT2D eigenvalue weighted by Gasteiger charge is 2.39. The molecule has 1 unspecified atom stereocenters. The van der Waals surface area contributed by atoms with E-state index in [1.165, 1.54) is 23.5 Å². The Morgan fingerprint density at radius 1 is 1.22 bits per heavy atom. The zero-order chi connectivity index (χ0) is 19.0. The van der Waals surface area contributed by atoms with Gasteiger partial charge in [0.1, 0.15) is 11.7 Å². The van der Waals surface area contributed by atoms with Crippen LogP contribution in [0, 0.1) is 0 Å². The lowest BCUT2D eigenvalue weighted by Gasteiger charge is -2.29. The van der Waals surface area contributed by atoms with Crippen LogP contribution in [0.15, 0.2) is 36.8 Å². The lowest BCUT2D eigenvalue weighted by Crippen LogP contribution is -2.52. The highest BCUT2D eigenvalue weighted by atomic mass is 16.2. The fourth-order valence-corrected chi connectivity index (χ4v) is 3.31. The molecule has 136 valence electrons. The zero-order valence-electron chi connectivity index (χ0n) is 14.1. The molecule has 9 heteroatoms. The molecule has 27 heavy (non-hydrogen) atoms. The Hall–Kier alpha value is -3.62. The van der Waals surface area contributed by atoms with Crippen LogP contribution in [0.2, 0.25) is 0 Å². The van der Waals surface area contributed by atoms with Gasteiger partial charge in [0.15, 0.2) is 0 Å². The second-order valence-corrected chi connectivity index (χ2v) is 6.28. The monoisotopic (exact) mass is 365 g/mol. The average molecular weight is 365 g/mol. The SMILES string of the molecule is O=C1CCC(N2Cc3c(NC(=O)c4cnccn4)cccc3C2=O)C(=O)N1. The molecular formula is C18H15N5O4. The number of benzene rings is 1. The zero-order valence-corrected chi connectivity index (χ0v) is 14.1. The molecule has 0 aliphatic carbocycles. The number of nitrogens with one attached hydrogen (secondary N) is 2. The van der Waals surface area contributed by atoms with E-state index in [2.05, 4.69) is 20.6 Å². The average Bonchev–Trinajstić information content (AvgIpc) is 3.00. The number of carbonyl (C=O) groups excluding carboxylic acids is 4. The van der Waals surface area contributed by atoms with Crippen molar-refractivity contribution in [2.75, 3.05) is 5.32 Å². The summed E-state index contributed by atoms with van der Waals surface area (Å²) in [5.74, 6) is -1.55. The summed E-state index contributed by atoms with van der Waals surface area (Å²) in [6.45, 7) is 0.178. The van der Waals surface area contributed by atoms with Gasteiger partial charge in [-0.15, -0.1) is 0 Å². The summed E-state index contributed by atoms with van der Waals surface area (Å²) in [7, 11) is 0. The molecule has 1 fully saturated rings. The fraction of sp³-hybridized carbons (Fsp3) is 0.222. The van der Waals surface area contributed by atoms with Crippen LogP contribution in [0.5, 0.6) is 0 Å². The Labute approximate surface area is 153 Å². The number of aromatic nitrogens is 2. The van der Waals surface area contributed by atoms with Gasteiger partial charge in [-0.1, -0.05) is 6.07 Å². The van der Waals surface area contributed by atoms with Gasteiger partial charge in [0.05, 0.1) is 6.20 Å². The summed E-state index contributed by atoms with van der Waals surface area (Å²) >= 11 is 0. The van der Waals surface area contributed by atoms with Gasteiger partial charge in [-0.05, 0) is 18.6 Å². The van der Waals surface area contributed by atoms with Crippen LogP contribution in [0.25, 0.3) is 0 Å². The molecule has 1 aromatic heterocycles. The standard InChI is InChI=1S/C18H15N5O4/c24-15-5-4-14(17(26)22-15)23-9-11-10(18(23)27)2-1-3-12(11)21-16(25)13-8-19-6-7-20-13/h1-3,6-8,14H,4-5,9H2,(H,21,25)(H,22,24,26). The molecule has 9 nitrogen and oxygen atoms in total. The minimum absolute atomic E-state index is 0.154. The topological polar surface area (TPSA) is 121 Å². The van der Waals surface area contributed by atoms with Crippen molar-refractivity contribution in [1.82, 2.24) is 20.2 Å². The Kier molecular flexibility index (Phi) is 4.11. The molecule has 1 saturated heterocycles. The van der Waals surface area contributed by atoms with Gasteiger partial charge in [-0.2, -0.15) is 0 Å². The Bertz CT molecular complexity index is 959. The first-order valence-corrected chi connectivity index (χ1v) is 8.38. The molecule has 0 bridgehead atoms. The van der Waals surface area contributed by atoms with Crippen molar-refractivity contribution in [2.45, 2.75) is 25.4 Å². The van der Waals surface area contributed by atoms with Crippen molar-refractivity contribution in [1.29, 1.82) is 0 Å². The van der Waals surface area contributed by atoms with Crippen LogP contribution in [0.3, 0.4) is 0 Å². The Balaban J connectivity index is 1.59. The summed E-state index contributed by atoms with van der Waals surface area (Å²) < 4.78 is 0. The van der Waals surface area contributed by atoms with E-state index in [0.29, 0.717) is 16.8 Å². The number of carbonyl (C=O) groups is 4. The highest BCUT2D eigenvalue weighted by molar-refractivity contribution is 6.08. The van der Waals surface area contributed by atoms with Gasteiger partial charge in [-0.25, -0.2) is 4.98 Å². The smallest absolute Gasteiger partial charge is 0.275 e. The number of hydrogen-bond acceptors (Lipinski definition) is 6. The number of piperidine rings is 1. The minimum Gasteiger partial charge on any atom is -0.322 e. The maximum atomic E-state index is 12.8. The predicted molar refractivity (Wildman–Crippen MR) is 92.5 cm³/mol. The molecule has 2 aromatic rings. The van der Waals surface area contributed by atoms with E-state index in [1.807, 2.05) is 0 Å². The molecular weight excluding hydrogens is 350 g/mol. The maximum Gasteiger partial charge on any atom is 0.275 e. The third-order valence-corrected chi connectivity index (χ3v) is 4.63. The van der Waals surface area contributed by atoms with Crippen LogP contribution < -0.4 is 10.6 Å². The van der Waals surface area contributed by atoms with Gasteiger partial charge >= 0.3 is 0 Å². The maximum absolute atomic E-state index is 12.8. The lowest BCUT2D eigenvalue weighted by molar-refractivity contribution is -0.136. The number of rotatable bonds is 3. The van der Waals surface area contributed by atoms with Crippen molar-refractivity contribution >= 4 is 29.3 Å². The molecule has 2 aliphatic heterocycles. The van der Waals surface area contributed by atoms with E-state index < -0.39 is 17.9 Å². The van der Waals surface area contributed by atoms with Gasteiger partial charge in [0, 0.05) is 42.2 Å². The second kappa shape index (κ2) is 6.60. The predicted octanol–water partition coefficient (Wildman–Crippen LogP) is 0.490. The summed E-state index contributed by atoms with van der Waals surface area (Å²) in [5, 5.41) is 5.01. The van der Waals surface area contributed by atoms with Gasteiger partial charge in [-0.3, -0.25) is 29.5 Å². The van der Waals surface area contributed by atoms with E-state index in [9.17, 15) is 19.2 Å². The molecule has 4 amide bonds. The van der Waals surface area contributed by atoms with Crippen LogP contribution in [0.4, 0.5) is 5.69 Å². The molecule has 0 saturated carbocycles. The molecule has 0 radical (unpaired) electrons. The van der Waals surface area contributed by atoms with Crippen molar-refractivity contribution in [3.05, 3.63) is 53.6 Å². The van der Waals surface area contributed by atoms with Crippen molar-refractivity contribution < 1.29 is 19.2 Å². The van der Waals surface area contributed by atoms with E-state index in [1.54, 1.807) is 18.2 Å². The van der Waals surface area contributed by atoms with Crippen molar-refractivity contribution in [3.63, 3.8) is 0 Å². The molecule has 1 atom stereocenters. The summed E-state index contributed by atoms with van der Waals surface area (Å²) in [6.07, 6.45) is 4.70. The molecule has 1 aromatic carbocycles. The molecule has 3 heterocycles. The molecule has 0 spiro atoms. The Morgan fingerprint density at radius 3 is 2.81 bits per heavy atom. The summed E-state index contributed by atoms with van der Waals surface area (Å²) in [6, 6.07) is 4.30. The third kappa shape index (κ3) is 3.03. The molecule has 4 rings (SSSR count). The van der Waals surface area contributed by atoms with Crippen molar-refractivity contribution in [3.8, 4) is 0 Å². The second-order valence-electron chi connectivity index (χ2n) is 6.28. The van der Waals surface area contributed by atoms with Gasteiger partial charge in [0.2, 0.25) is 11.8 Å². The fourth-order valence-electron chi connectivity index (χ4n) is 3.31. The quantitative estimate of drug-likeness (QED) is 0.764. The number of fused-ring (bicyclic) bond motifs is 1. The van der Waals surface area contributed by atoms with Crippen LogP contribution in [-0.4, -0.2) is 44.5 Å². The first-order chi connectivity index (χ1) is 13.0. The number of hydrogen-bond donors (Lipinski definition) is 2. The number of imide groups is 1. The van der Waals surface area contributed by atoms with E-state index in [4.69, 9.17) is 0 Å². The van der Waals surface area contributed by atoms with Crippen LogP contribution in [0.1, 0.15) is 39.3 Å². The van der Waals surface area contributed by atoms with Crippen LogP contribution >= 0.6 is 0 Å². The van der Waals surface area contributed by atoms with E-state index >= 15 is 0 Å². The lowest BCUT2D eigenvalue weighted by atomic mass is 10.0. The first kappa shape index (κ1) is 16.8. The van der Waals surface area contributed by atoms with Gasteiger partial charge < -0.3 is 10.2 Å². The third-order valence-electron chi connectivity index (χ3n) is 4.63. The number of nitrogens with zero attached hydrogens (tertiary/aromatic N) is 3. The first-order valence-electron chi connectivity index (χ1n) is 8.38. The molecule has 2 N–H and O–H groups in total. The minimum atomic E-state index is -0.703. The number of amides is 4. The van der Waals surface area contributed by atoms with Gasteiger partial charge in [0.25, 0.3) is 11.8 Å².